The number of ether oxygens (including phenoxy) is 2. The van der Waals surface area contributed by atoms with Gasteiger partial charge in [-0.15, -0.1) is 10.2 Å². The summed E-state index contributed by atoms with van der Waals surface area (Å²) in [5, 5.41) is 14.9. The Bertz CT molecular complexity index is 815. The monoisotopic (exact) mass is 472 g/mol. The average Bonchev–Trinajstić information content (AvgIpc) is 3.31. The number of aromatic nitrogens is 3. The maximum Gasteiger partial charge on any atom is 0.319 e. The first-order chi connectivity index (χ1) is 15.8. The third kappa shape index (κ3) is 10.5. The Kier molecular flexibility index (Phi) is 12.6. The summed E-state index contributed by atoms with van der Waals surface area (Å²) in [6.45, 7) is 1.50. The standard InChI is InChI=1S/C16H28N10O7/c1-32-11(28)8-19-4-6-26(9-12(29)33-2)5-3-18-7-10(27)21-24-16(31)14-13(15(30)20-17)22-25-23-14/h18-19H,3-9,17H2,1-2H3,(H,20,30)(H,21,27)(H,24,31)(H,22,23,25). The number of nitrogens with zero attached hydrogens (tertiary/aromatic N) is 3. The molecule has 0 fully saturated rings. The van der Waals surface area contributed by atoms with Crippen molar-refractivity contribution in [1.82, 2.24) is 47.2 Å². The number of rotatable bonds is 14. The van der Waals surface area contributed by atoms with Crippen molar-refractivity contribution in [3.05, 3.63) is 11.4 Å². The zero-order valence-electron chi connectivity index (χ0n) is 18.2. The zero-order valence-corrected chi connectivity index (χ0v) is 18.2. The number of aromatic amines is 1. The van der Waals surface area contributed by atoms with Gasteiger partial charge >= 0.3 is 11.9 Å². The quantitative estimate of drug-likeness (QED) is 0.0442. The Morgan fingerprint density at radius 1 is 0.879 bits per heavy atom. The maximum absolute atomic E-state index is 12.0. The highest BCUT2D eigenvalue weighted by atomic mass is 16.5. The minimum atomic E-state index is -0.876. The van der Waals surface area contributed by atoms with E-state index in [-0.39, 0.29) is 31.0 Å². The van der Waals surface area contributed by atoms with Crippen molar-refractivity contribution in [3.63, 3.8) is 0 Å². The molecule has 0 bridgehead atoms. The molecule has 184 valence electrons. The van der Waals surface area contributed by atoms with E-state index < -0.39 is 29.7 Å². The van der Waals surface area contributed by atoms with Gasteiger partial charge in [-0.25, -0.2) is 5.84 Å². The van der Waals surface area contributed by atoms with Crippen LogP contribution in [0.5, 0.6) is 0 Å². The molecule has 1 rings (SSSR count). The van der Waals surface area contributed by atoms with Gasteiger partial charge in [0.2, 0.25) is 0 Å². The molecule has 0 spiro atoms. The van der Waals surface area contributed by atoms with Crippen LogP contribution in [-0.4, -0.2) is 110 Å². The molecule has 0 saturated carbocycles. The zero-order chi connectivity index (χ0) is 24.6. The molecule has 0 aliphatic heterocycles. The summed E-state index contributed by atoms with van der Waals surface area (Å²) in [6, 6.07) is 0. The van der Waals surface area contributed by atoms with E-state index in [1.54, 1.807) is 4.90 Å². The third-order valence-corrected chi connectivity index (χ3v) is 4.00. The molecular weight excluding hydrogens is 444 g/mol. The molecule has 0 atom stereocenters. The van der Waals surface area contributed by atoms with Gasteiger partial charge in [0.15, 0.2) is 11.4 Å². The summed E-state index contributed by atoms with van der Waals surface area (Å²) in [4.78, 5) is 59.8. The lowest BCUT2D eigenvalue weighted by Crippen LogP contribution is -2.47. The number of methoxy groups -OCH3 is 2. The summed E-state index contributed by atoms with van der Waals surface area (Å²) >= 11 is 0. The number of nitrogens with one attached hydrogen (secondary N) is 6. The summed E-state index contributed by atoms with van der Waals surface area (Å²) in [5.41, 5.74) is 5.37. The van der Waals surface area contributed by atoms with Crippen molar-refractivity contribution in [3.8, 4) is 0 Å². The Morgan fingerprint density at radius 3 is 2.03 bits per heavy atom. The lowest BCUT2D eigenvalue weighted by molar-refractivity contribution is -0.142. The molecule has 0 unspecified atom stereocenters. The van der Waals surface area contributed by atoms with E-state index in [2.05, 4.69) is 46.4 Å². The Hall–Kier alpha value is -3.67. The smallest absolute Gasteiger partial charge is 0.319 e. The molecule has 0 aromatic carbocycles. The first-order valence-electron chi connectivity index (χ1n) is 9.60. The summed E-state index contributed by atoms with van der Waals surface area (Å²) in [6.07, 6.45) is 0. The molecule has 3 amide bonds. The Labute approximate surface area is 188 Å². The highest BCUT2D eigenvalue weighted by molar-refractivity contribution is 6.04. The molecule has 1 aromatic rings. The number of nitrogens with two attached hydrogens (primary N) is 1. The van der Waals surface area contributed by atoms with Crippen LogP contribution in [-0.2, 0) is 23.9 Å². The summed E-state index contributed by atoms with van der Waals surface area (Å²) in [7, 11) is 2.56. The number of hydrazine groups is 2. The highest BCUT2D eigenvalue weighted by Crippen LogP contribution is 1.99. The van der Waals surface area contributed by atoms with Crippen LogP contribution >= 0.6 is 0 Å². The molecule has 0 aliphatic rings. The van der Waals surface area contributed by atoms with Gasteiger partial charge in [-0.3, -0.25) is 45.1 Å². The molecule has 17 nitrogen and oxygen atoms in total. The molecule has 0 saturated heterocycles. The molecule has 17 heteroatoms. The predicted octanol–water partition coefficient (Wildman–Crippen LogP) is -5.00. The van der Waals surface area contributed by atoms with Gasteiger partial charge in [0.05, 0.1) is 33.9 Å². The van der Waals surface area contributed by atoms with Gasteiger partial charge in [-0.1, -0.05) is 0 Å². The van der Waals surface area contributed by atoms with Crippen LogP contribution in [0, 0.1) is 0 Å². The molecular formula is C16H28N10O7. The van der Waals surface area contributed by atoms with Gasteiger partial charge in [0, 0.05) is 26.2 Å². The van der Waals surface area contributed by atoms with Gasteiger partial charge in [-0.2, -0.15) is 5.21 Å². The maximum atomic E-state index is 12.0. The molecule has 1 aromatic heterocycles. The van der Waals surface area contributed by atoms with E-state index >= 15 is 0 Å². The van der Waals surface area contributed by atoms with Crippen molar-refractivity contribution >= 4 is 29.7 Å². The molecule has 33 heavy (non-hydrogen) atoms. The number of hydrogen-bond acceptors (Lipinski definition) is 13. The van der Waals surface area contributed by atoms with Gasteiger partial charge in [-0.05, 0) is 0 Å². The number of hydrogen-bond donors (Lipinski definition) is 7. The first kappa shape index (κ1) is 27.4. The van der Waals surface area contributed by atoms with E-state index in [1.165, 1.54) is 14.2 Å². The summed E-state index contributed by atoms with van der Waals surface area (Å²) in [5.74, 6) is 1.87. The highest BCUT2D eigenvalue weighted by Gasteiger charge is 2.22. The first-order valence-corrected chi connectivity index (χ1v) is 9.60. The number of carbonyl (C=O) groups excluding carboxylic acids is 5. The second-order valence-electron chi connectivity index (χ2n) is 6.28. The lowest BCUT2D eigenvalue weighted by atomic mass is 10.3. The molecule has 0 radical (unpaired) electrons. The van der Waals surface area contributed by atoms with E-state index in [0.717, 1.165) is 0 Å². The van der Waals surface area contributed by atoms with Crippen LogP contribution in [0.2, 0.25) is 0 Å². The average molecular weight is 472 g/mol. The van der Waals surface area contributed by atoms with Crippen LogP contribution in [0.4, 0.5) is 0 Å². The van der Waals surface area contributed by atoms with E-state index in [0.29, 0.717) is 26.2 Å². The fourth-order valence-corrected chi connectivity index (χ4v) is 2.30. The largest absolute Gasteiger partial charge is 0.468 e. The number of H-pyrrole nitrogens is 1. The van der Waals surface area contributed by atoms with E-state index in [4.69, 9.17) is 5.84 Å². The second-order valence-corrected chi connectivity index (χ2v) is 6.28. The van der Waals surface area contributed by atoms with Crippen molar-refractivity contribution in [2.24, 2.45) is 5.84 Å². The minimum absolute atomic E-state index is 0.0246. The number of amides is 3. The Morgan fingerprint density at radius 2 is 1.45 bits per heavy atom. The van der Waals surface area contributed by atoms with Crippen LogP contribution in [0.25, 0.3) is 0 Å². The van der Waals surface area contributed by atoms with Crippen LogP contribution in [0.3, 0.4) is 0 Å². The molecule has 0 aliphatic carbocycles. The van der Waals surface area contributed by atoms with Crippen LogP contribution < -0.4 is 32.8 Å². The van der Waals surface area contributed by atoms with Gasteiger partial charge in [0.1, 0.15) is 0 Å². The molecule has 8 N–H and O–H groups in total. The SMILES string of the molecule is COC(=O)CNCCN(CCNCC(=O)NNC(=O)c1n[nH]nc1C(=O)NN)CC(=O)OC. The Balaban J connectivity index is 2.35. The van der Waals surface area contributed by atoms with E-state index in [1.807, 2.05) is 5.43 Å². The van der Waals surface area contributed by atoms with Gasteiger partial charge < -0.3 is 20.1 Å². The van der Waals surface area contributed by atoms with Gasteiger partial charge in [0.25, 0.3) is 17.7 Å². The number of nitrogen functional groups attached to an aromatic ring is 1. The summed E-state index contributed by atoms with van der Waals surface area (Å²) < 4.78 is 9.18. The third-order valence-electron chi connectivity index (χ3n) is 4.00. The van der Waals surface area contributed by atoms with Crippen molar-refractivity contribution < 1.29 is 33.4 Å². The fraction of sp³-hybridized carbons (Fsp3) is 0.562. The topological polar surface area (TPSA) is 235 Å². The fourth-order valence-electron chi connectivity index (χ4n) is 2.30. The normalized spacial score (nSPS) is 10.4. The number of carbonyl (C=O) groups is 5. The predicted molar refractivity (Wildman–Crippen MR) is 110 cm³/mol. The minimum Gasteiger partial charge on any atom is -0.468 e. The van der Waals surface area contributed by atoms with Crippen molar-refractivity contribution in [1.29, 1.82) is 0 Å². The van der Waals surface area contributed by atoms with Crippen molar-refractivity contribution in [2.45, 2.75) is 0 Å². The van der Waals surface area contributed by atoms with Crippen LogP contribution in [0.1, 0.15) is 21.0 Å². The number of esters is 2. The van der Waals surface area contributed by atoms with Crippen molar-refractivity contribution in [2.75, 3.05) is 60.0 Å². The molecule has 1 heterocycles. The van der Waals surface area contributed by atoms with Crippen LogP contribution in [0.15, 0.2) is 0 Å². The second kappa shape index (κ2) is 15.2. The lowest BCUT2D eigenvalue weighted by Gasteiger charge is -2.21. The van der Waals surface area contributed by atoms with E-state index in [9.17, 15) is 24.0 Å².